The first-order valence-corrected chi connectivity index (χ1v) is 5.76. The van der Waals surface area contributed by atoms with Crippen molar-refractivity contribution in [3.8, 4) is 0 Å². The molecule has 14 heavy (non-hydrogen) atoms. The van der Waals surface area contributed by atoms with Crippen molar-refractivity contribution in [1.29, 1.82) is 0 Å². The minimum Gasteiger partial charge on any atom is -0.309 e. The van der Waals surface area contributed by atoms with Crippen LogP contribution in [0.15, 0.2) is 0 Å². The topological polar surface area (TPSA) is 37.8 Å². The lowest BCUT2D eigenvalue weighted by Gasteiger charge is -2.30. The van der Waals surface area contributed by atoms with Gasteiger partial charge in [-0.25, -0.2) is 0 Å². The summed E-state index contributed by atoms with van der Waals surface area (Å²) in [6.45, 7) is 11.8. The van der Waals surface area contributed by atoms with Crippen LogP contribution in [0.1, 0.15) is 44.3 Å². The molecular formula is C10H19N3S. The molecule has 0 saturated heterocycles. The minimum atomic E-state index is 0.203. The summed E-state index contributed by atoms with van der Waals surface area (Å²) in [7, 11) is 0. The zero-order valence-corrected chi connectivity index (χ0v) is 10.4. The fourth-order valence-corrected chi connectivity index (χ4v) is 2.47. The summed E-state index contributed by atoms with van der Waals surface area (Å²) in [5, 5.41) is 7.56. The predicted octanol–water partition coefficient (Wildman–Crippen LogP) is 2.54. The summed E-state index contributed by atoms with van der Waals surface area (Å²) in [6, 6.07) is 0.354. The monoisotopic (exact) mass is 213 g/mol. The largest absolute Gasteiger partial charge is 0.309 e. The van der Waals surface area contributed by atoms with E-state index in [4.69, 9.17) is 0 Å². The van der Waals surface area contributed by atoms with Crippen LogP contribution in [0.5, 0.6) is 0 Å². The van der Waals surface area contributed by atoms with E-state index < -0.39 is 0 Å². The summed E-state index contributed by atoms with van der Waals surface area (Å²) < 4.78 is 3.99. The quantitative estimate of drug-likeness (QED) is 0.838. The average Bonchev–Trinajstić information content (AvgIpc) is 2.45. The molecule has 1 aromatic heterocycles. The van der Waals surface area contributed by atoms with E-state index in [1.165, 1.54) is 16.4 Å². The van der Waals surface area contributed by atoms with Crippen LogP contribution in [0.2, 0.25) is 0 Å². The molecule has 3 nitrogen and oxygen atoms in total. The Kier molecular flexibility index (Phi) is 3.61. The maximum atomic E-state index is 4.06. The van der Waals surface area contributed by atoms with Crippen molar-refractivity contribution in [2.45, 2.75) is 40.7 Å². The molecule has 1 aromatic rings. The van der Waals surface area contributed by atoms with Gasteiger partial charge < -0.3 is 5.32 Å². The molecular weight excluding hydrogens is 194 g/mol. The van der Waals surface area contributed by atoms with Crippen LogP contribution in [-0.4, -0.2) is 16.1 Å². The summed E-state index contributed by atoms with van der Waals surface area (Å²) in [5.74, 6) is 0. The molecule has 80 valence electrons. The van der Waals surface area contributed by atoms with Crippen molar-refractivity contribution in [3.05, 3.63) is 10.6 Å². The lowest BCUT2D eigenvalue weighted by atomic mass is 9.85. The summed E-state index contributed by atoms with van der Waals surface area (Å²) in [5.41, 5.74) is 1.26. The van der Waals surface area contributed by atoms with Crippen molar-refractivity contribution >= 4 is 11.5 Å². The Morgan fingerprint density at radius 1 is 1.43 bits per heavy atom. The zero-order chi connectivity index (χ0) is 10.8. The van der Waals surface area contributed by atoms with Gasteiger partial charge in [-0.1, -0.05) is 32.2 Å². The second-order valence-electron chi connectivity index (χ2n) is 4.58. The van der Waals surface area contributed by atoms with Gasteiger partial charge >= 0.3 is 0 Å². The molecule has 0 aliphatic carbocycles. The first-order valence-electron chi connectivity index (χ1n) is 4.99. The number of nitrogens with zero attached hydrogens (tertiary/aromatic N) is 2. The van der Waals surface area contributed by atoms with Crippen molar-refractivity contribution < 1.29 is 0 Å². The molecule has 4 heteroatoms. The SMILES string of the molecule is CCNC(c1snnc1C)C(C)(C)C. The number of hydrogen-bond acceptors (Lipinski definition) is 4. The van der Waals surface area contributed by atoms with Gasteiger partial charge in [-0.3, -0.25) is 0 Å². The molecule has 1 N–H and O–H groups in total. The van der Waals surface area contributed by atoms with E-state index >= 15 is 0 Å². The van der Waals surface area contributed by atoms with E-state index in [2.05, 4.69) is 42.6 Å². The molecule has 0 aliphatic heterocycles. The van der Waals surface area contributed by atoms with Crippen molar-refractivity contribution in [2.75, 3.05) is 6.54 Å². The van der Waals surface area contributed by atoms with Crippen LogP contribution in [-0.2, 0) is 0 Å². The van der Waals surface area contributed by atoms with Crippen molar-refractivity contribution in [3.63, 3.8) is 0 Å². The van der Waals surface area contributed by atoms with Gasteiger partial charge in [-0.2, -0.15) is 0 Å². The highest BCUT2D eigenvalue weighted by Crippen LogP contribution is 2.35. The van der Waals surface area contributed by atoms with Gasteiger partial charge in [-0.05, 0) is 30.4 Å². The zero-order valence-electron chi connectivity index (χ0n) is 9.59. The Labute approximate surface area is 90.1 Å². The normalized spacial score (nSPS) is 14.4. The van der Waals surface area contributed by atoms with Crippen LogP contribution >= 0.6 is 11.5 Å². The average molecular weight is 213 g/mol. The lowest BCUT2D eigenvalue weighted by molar-refractivity contribution is 0.279. The summed E-state index contributed by atoms with van der Waals surface area (Å²) >= 11 is 1.50. The third kappa shape index (κ3) is 2.51. The van der Waals surface area contributed by atoms with Gasteiger partial charge in [0.2, 0.25) is 0 Å². The number of nitrogens with one attached hydrogen (secondary N) is 1. The first-order chi connectivity index (χ1) is 6.46. The van der Waals surface area contributed by atoms with Crippen molar-refractivity contribution in [2.24, 2.45) is 5.41 Å². The molecule has 0 amide bonds. The third-order valence-corrected chi connectivity index (χ3v) is 3.11. The van der Waals surface area contributed by atoms with Gasteiger partial charge in [0, 0.05) is 6.04 Å². The molecule has 1 heterocycles. The molecule has 0 saturated carbocycles. The van der Waals surface area contributed by atoms with E-state index in [1.807, 2.05) is 6.92 Å². The van der Waals surface area contributed by atoms with Crippen LogP contribution in [0.25, 0.3) is 0 Å². The van der Waals surface area contributed by atoms with Crippen molar-refractivity contribution in [1.82, 2.24) is 14.9 Å². The fraction of sp³-hybridized carbons (Fsp3) is 0.800. The Balaban J connectivity index is 2.95. The number of hydrogen-bond donors (Lipinski definition) is 1. The summed E-state index contributed by atoms with van der Waals surface area (Å²) in [4.78, 5) is 1.26. The van der Waals surface area contributed by atoms with E-state index in [-0.39, 0.29) is 5.41 Å². The molecule has 1 unspecified atom stereocenters. The summed E-state index contributed by atoms with van der Waals surface area (Å²) in [6.07, 6.45) is 0. The standard InChI is InChI=1S/C10H19N3S/c1-6-11-9(10(3,4)5)8-7(2)12-13-14-8/h9,11H,6H2,1-5H3. The van der Waals surface area contributed by atoms with E-state index in [9.17, 15) is 0 Å². The van der Waals surface area contributed by atoms with Crippen LogP contribution in [0, 0.1) is 12.3 Å². The van der Waals surface area contributed by atoms with Gasteiger partial charge in [0.25, 0.3) is 0 Å². The number of aryl methyl sites for hydroxylation is 1. The fourth-order valence-electron chi connectivity index (χ4n) is 1.50. The van der Waals surface area contributed by atoms with Gasteiger partial charge in [0.15, 0.2) is 0 Å². The van der Waals surface area contributed by atoms with Crippen LogP contribution in [0.4, 0.5) is 0 Å². The highest BCUT2D eigenvalue weighted by atomic mass is 32.1. The van der Waals surface area contributed by atoms with Gasteiger partial charge in [0.1, 0.15) is 0 Å². The molecule has 0 spiro atoms. The highest BCUT2D eigenvalue weighted by molar-refractivity contribution is 7.05. The van der Waals surface area contributed by atoms with Gasteiger partial charge in [-0.15, -0.1) is 5.10 Å². The smallest absolute Gasteiger partial charge is 0.0773 e. The van der Waals surface area contributed by atoms with Crippen LogP contribution < -0.4 is 5.32 Å². The van der Waals surface area contributed by atoms with E-state index in [0.717, 1.165) is 12.2 Å². The molecule has 1 atom stereocenters. The predicted molar refractivity (Wildman–Crippen MR) is 60.5 cm³/mol. The maximum Gasteiger partial charge on any atom is 0.0773 e. The molecule has 0 fully saturated rings. The Morgan fingerprint density at radius 2 is 2.07 bits per heavy atom. The molecule has 0 radical (unpaired) electrons. The van der Waals surface area contributed by atoms with Crippen LogP contribution in [0.3, 0.4) is 0 Å². The Bertz CT molecular complexity index is 288. The third-order valence-electron chi connectivity index (χ3n) is 2.22. The lowest BCUT2D eigenvalue weighted by Crippen LogP contribution is -2.32. The minimum absolute atomic E-state index is 0.203. The number of rotatable bonds is 3. The van der Waals surface area contributed by atoms with E-state index in [0.29, 0.717) is 6.04 Å². The second kappa shape index (κ2) is 4.36. The number of aromatic nitrogens is 2. The molecule has 0 aromatic carbocycles. The first kappa shape index (κ1) is 11.6. The highest BCUT2D eigenvalue weighted by Gasteiger charge is 2.28. The Hall–Kier alpha value is -0.480. The molecule has 1 rings (SSSR count). The Morgan fingerprint density at radius 3 is 2.43 bits per heavy atom. The molecule has 0 aliphatic rings. The van der Waals surface area contributed by atoms with E-state index in [1.54, 1.807) is 0 Å². The maximum absolute atomic E-state index is 4.06. The molecule has 0 bridgehead atoms. The van der Waals surface area contributed by atoms with Gasteiger partial charge in [0.05, 0.1) is 10.6 Å². The second-order valence-corrected chi connectivity index (χ2v) is 5.37.